The summed E-state index contributed by atoms with van der Waals surface area (Å²) in [5, 5.41) is 18.1. The van der Waals surface area contributed by atoms with Crippen LogP contribution in [0.4, 0.5) is 0 Å². The maximum absolute atomic E-state index is 11.4. The lowest BCUT2D eigenvalue weighted by molar-refractivity contribution is -0.131. The first-order chi connectivity index (χ1) is 6.05. The van der Waals surface area contributed by atoms with Crippen LogP contribution in [-0.4, -0.2) is 46.3 Å². The molecule has 1 unspecified atom stereocenters. The first-order valence-electron chi connectivity index (χ1n) is 4.66. The quantitative estimate of drug-likeness (QED) is 0.640. The lowest BCUT2D eigenvalue weighted by atomic mass is 10.1. The predicted octanol–water partition coefficient (Wildman–Crippen LogP) is -0.258. The van der Waals surface area contributed by atoms with E-state index in [1.165, 1.54) is 0 Å². The van der Waals surface area contributed by atoms with Crippen LogP contribution in [0.3, 0.4) is 0 Å². The Balaban J connectivity index is 2.33. The van der Waals surface area contributed by atoms with E-state index >= 15 is 0 Å². The highest BCUT2D eigenvalue weighted by Crippen LogP contribution is 2.20. The number of nitrogens with zero attached hydrogens (tertiary/aromatic N) is 1. The van der Waals surface area contributed by atoms with Gasteiger partial charge in [0.1, 0.15) is 0 Å². The second-order valence-electron chi connectivity index (χ2n) is 3.89. The molecule has 1 aliphatic heterocycles. The second-order valence-corrected chi connectivity index (χ2v) is 3.89. The molecule has 1 atom stereocenters. The number of aliphatic hydroxyl groups is 2. The molecule has 0 bridgehead atoms. The first kappa shape index (κ1) is 10.5. The highest BCUT2D eigenvalue weighted by Gasteiger charge is 2.33. The van der Waals surface area contributed by atoms with Crippen LogP contribution >= 0.6 is 0 Å². The van der Waals surface area contributed by atoms with Gasteiger partial charge in [-0.1, -0.05) is 0 Å². The van der Waals surface area contributed by atoms with Crippen LogP contribution in [0, 0.1) is 0 Å². The highest BCUT2D eigenvalue weighted by molar-refractivity contribution is 5.76. The Morgan fingerprint density at radius 1 is 1.62 bits per heavy atom. The molecule has 1 fully saturated rings. The summed E-state index contributed by atoms with van der Waals surface area (Å²) < 4.78 is 0. The molecule has 1 rings (SSSR count). The van der Waals surface area contributed by atoms with E-state index in [9.17, 15) is 9.90 Å². The highest BCUT2D eigenvalue weighted by atomic mass is 16.3. The Labute approximate surface area is 78.2 Å². The molecular formula is C9H17NO3. The number of carbonyl (C=O) groups excluding carboxylic acids is 1. The Morgan fingerprint density at radius 2 is 2.31 bits per heavy atom. The molecule has 0 aromatic carbocycles. The molecule has 1 heterocycles. The molecule has 0 saturated carbocycles. The van der Waals surface area contributed by atoms with Crippen molar-refractivity contribution < 1.29 is 15.0 Å². The number of β-amino-alcohol motifs (C(OH)–C–C–N with tert-alkyl or cyclic N) is 1. The molecule has 0 aromatic rings. The summed E-state index contributed by atoms with van der Waals surface area (Å²) in [6.45, 7) is 2.86. The second kappa shape index (κ2) is 4.07. The molecule has 0 radical (unpaired) electrons. The number of rotatable bonds is 3. The minimum atomic E-state index is -0.713. The van der Waals surface area contributed by atoms with Crippen LogP contribution in [0.1, 0.15) is 26.2 Å². The molecule has 13 heavy (non-hydrogen) atoms. The van der Waals surface area contributed by atoms with Crippen molar-refractivity contribution in [3.05, 3.63) is 0 Å². The third-order valence-electron chi connectivity index (χ3n) is 2.35. The van der Waals surface area contributed by atoms with Gasteiger partial charge in [0.2, 0.25) is 5.91 Å². The monoisotopic (exact) mass is 187 g/mol. The summed E-state index contributed by atoms with van der Waals surface area (Å²) in [7, 11) is 0. The van der Waals surface area contributed by atoms with Crippen molar-refractivity contribution in [1.82, 2.24) is 4.90 Å². The summed E-state index contributed by atoms with van der Waals surface area (Å²) in [5.74, 6) is 0.0341. The average Bonchev–Trinajstić information content (AvgIpc) is 2.42. The Kier molecular flexibility index (Phi) is 3.27. The van der Waals surface area contributed by atoms with E-state index in [0.717, 1.165) is 0 Å². The van der Waals surface area contributed by atoms with Crippen LogP contribution in [0.25, 0.3) is 0 Å². The van der Waals surface area contributed by atoms with Gasteiger partial charge in [-0.05, 0) is 19.8 Å². The molecule has 4 nitrogen and oxygen atoms in total. The smallest absolute Gasteiger partial charge is 0.222 e. The van der Waals surface area contributed by atoms with Gasteiger partial charge in [-0.3, -0.25) is 4.79 Å². The zero-order valence-electron chi connectivity index (χ0n) is 7.99. The number of hydrogen-bond donors (Lipinski definition) is 2. The van der Waals surface area contributed by atoms with Crippen molar-refractivity contribution >= 4 is 5.91 Å². The van der Waals surface area contributed by atoms with Crippen molar-refractivity contribution in [2.45, 2.75) is 31.8 Å². The molecule has 0 spiro atoms. The van der Waals surface area contributed by atoms with Gasteiger partial charge >= 0.3 is 0 Å². The lowest BCUT2D eigenvalue weighted by Crippen LogP contribution is -2.33. The van der Waals surface area contributed by atoms with Crippen molar-refractivity contribution in [3.63, 3.8) is 0 Å². The van der Waals surface area contributed by atoms with Gasteiger partial charge in [-0.2, -0.15) is 0 Å². The van der Waals surface area contributed by atoms with Gasteiger partial charge in [0, 0.05) is 26.1 Å². The number of hydrogen-bond acceptors (Lipinski definition) is 3. The zero-order chi connectivity index (χ0) is 9.90. The maximum atomic E-state index is 11.4. The van der Waals surface area contributed by atoms with Crippen LogP contribution in [-0.2, 0) is 4.79 Å². The fourth-order valence-corrected chi connectivity index (χ4v) is 1.55. The van der Waals surface area contributed by atoms with Crippen molar-refractivity contribution in [1.29, 1.82) is 0 Å². The number of amides is 1. The van der Waals surface area contributed by atoms with Crippen LogP contribution in [0.2, 0.25) is 0 Å². The Bertz CT molecular complexity index is 191. The van der Waals surface area contributed by atoms with Crippen molar-refractivity contribution in [2.75, 3.05) is 19.7 Å². The van der Waals surface area contributed by atoms with Gasteiger partial charge in [0.25, 0.3) is 0 Å². The van der Waals surface area contributed by atoms with Gasteiger partial charge in [-0.25, -0.2) is 0 Å². The summed E-state index contributed by atoms with van der Waals surface area (Å²) in [5.41, 5.74) is -0.713. The SMILES string of the molecule is CC1(O)CCN(C(=O)CCCO)C1. The van der Waals surface area contributed by atoms with E-state index in [2.05, 4.69) is 0 Å². The molecule has 1 amide bonds. The van der Waals surface area contributed by atoms with E-state index in [1.807, 2.05) is 0 Å². The van der Waals surface area contributed by atoms with Crippen LogP contribution < -0.4 is 0 Å². The Morgan fingerprint density at radius 3 is 2.77 bits per heavy atom. The summed E-state index contributed by atoms with van der Waals surface area (Å²) in [4.78, 5) is 13.1. The largest absolute Gasteiger partial charge is 0.396 e. The van der Waals surface area contributed by atoms with E-state index in [0.29, 0.717) is 32.4 Å². The standard InChI is InChI=1S/C9H17NO3/c1-9(13)4-5-10(7-9)8(12)3-2-6-11/h11,13H,2-7H2,1H3. The van der Waals surface area contributed by atoms with Crippen molar-refractivity contribution in [3.8, 4) is 0 Å². The summed E-state index contributed by atoms with van der Waals surface area (Å²) in [6, 6.07) is 0. The molecule has 2 N–H and O–H groups in total. The number of aliphatic hydroxyl groups excluding tert-OH is 1. The topological polar surface area (TPSA) is 60.8 Å². The van der Waals surface area contributed by atoms with E-state index in [4.69, 9.17) is 5.11 Å². The third kappa shape index (κ3) is 2.97. The molecule has 76 valence electrons. The van der Waals surface area contributed by atoms with Crippen LogP contribution in [0.15, 0.2) is 0 Å². The van der Waals surface area contributed by atoms with Gasteiger partial charge in [0.15, 0.2) is 0 Å². The van der Waals surface area contributed by atoms with E-state index in [1.54, 1.807) is 11.8 Å². The summed E-state index contributed by atoms with van der Waals surface area (Å²) >= 11 is 0. The molecule has 1 saturated heterocycles. The number of likely N-dealkylation sites (tertiary alicyclic amines) is 1. The molecule has 0 aromatic heterocycles. The van der Waals surface area contributed by atoms with Gasteiger partial charge < -0.3 is 15.1 Å². The third-order valence-corrected chi connectivity index (χ3v) is 2.35. The maximum Gasteiger partial charge on any atom is 0.222 e. The minimum Gasteiger partial charge on any atom is -0.396 e. The first-order valence-corrected chi connectivity index (χ1v) is 4.66. The molecule has 1 aliphatic rings. The van der Waals surface area contributed by atoms with Gasteiger partial charge in [0.05, 0.1) is 5.60 Å². The van der Waals surface area contributed by atoms with E-state index < -0.39 is 5.60 Å². The number of carbonyl (C=O) groups is 1. The van der Waals surface area contributed by atoms with Crippen LogP contribution in [0.5, 0.6) is 0 Å². The predicted molar refractivity (Wildman–Crippen MR) is 48.1 cm³/mol. The van der Waals surface area contributed by atoms with Crippen molar-refractivity contribution in [2.24, 2.45) is 0 Å². The van der Waals surface area contributed by atoms with Gasteiger partial charge in [-0.15, -0.1) is 0 Å². The van der Waals surface area contributed by atoms with E-state index in [-0.39, 0.29) is 12.5 Å². The zero-order valence-corrected chi connectivity index (χ0v) is 7.99. The normalized spacial score (nSPS) is 28.1. The minimum absolute atomic E-state index is 0.0341. The molecule has 0 aliphatic carbocycles. The summed E-state index contributed by atoms with van der Waals surface area (Å²) in [6.07, 6.45) is 1.54. The molecular weight excluding hydrogens is 170 g/mol. The lowest BCUT2D eigenvalue weighted by Gasteiger charge is -2.18. The fourth-order valence-electron chi connectivity index (χ4n) is 1.55. The molecule has 4 heteroatoms. The fraction of sp³-hybridized carbons (Fsp3) is 0.889. The average molecular weight is 187 g/mol. The Hall–Kier alpha value is -0.610.